The van der Waals surface area contributed by atoms with Gasteiger partial charge >= 0.3 is 0 Å². The molecule has 0 aliphatic rings. The highest BCUT2D eigenvalue weighted by molar-refractivity contribution is 6.35. The molecular weight excluding hydrogens is 340 g/mol. The fourth-order valence-corrected chi connectivity index (χ4v) is 2.39. The van der Waals surface area contributed by atoms with Crippen LogP contribution in [-0.2, 0) is 11.2 Å². The molecule has 3 nitrogen and oxygen atoms in total. The van der Waals surface area contributed by atoms with Gasteiger partial charge in [0.05, 0.1) is 5.02 Å². The molecule has 0 heterocycles. The monoisotopic (exact) mass is 355 g/mol. The van der Waals surface area contributed by atoms with Crippen molar-refractivity contribution in [1.29, 1.82) is 0 Å². The summed E-state index contributed by atoms with van der Waals surface area (Å²) in [6.07, 6.45) is -0.0811. The van der Waals surface area contributed by atoms with Crippen LogP contribution < -0.4 is 10.1 Å². The van der Waals surface area contributed by atoms with E-state index in [1.54, 1.807) is 37.3 Å². The average Bonchev–Trinajstić information content (AvgIpc) is 2.51. The zero-order valence-corrected chi connectivity index (χ0v) is 14.0. The largest absolute Gasteiger partial charge is 0.479 e. The van der Waals surface area contributed by atoms with E-state index in [1.165, 1.54) is 12.1 Å². The van der Waals surface area contributed by atoms with Gasteiger partial charge in [-0.2, -0.15) is 0 Å². The summed E-state index contributed by atoms with van der Waals surface area (Å²) in [6, 6.07) is 11.0. The summed E-state index contributed by atoms with van der Waals surface area (Å²) in [5.41, 5.74) is 0.945. The number of carbonyl (C=O) groups excluding carboxylic acids is 1. The number of ether oxygens (including phenoxy) is 1. The molecule has 0 saturated heterocycles. The van der Waals surface area contributed by atoms with Crippen molar-refractivity contribution in [3.63, 3.8) is 0 Å². The minimum Gasteiger partial charge on any atom is -0.479 e. The lowest BCUT2D eigenvalue weighted by Crippen LogP contribution is -2.37. The Balaban J connectivity index is 1.81. The Hall–Kier alpha value is -1.78. The van der Waals surface area contributed by atoms with Crippen molar-refractivity contribution in [3.8, 4) is 5.75 Å². The van der Waals surface area contributed by atoms with Crippen LogP contribution in [-0.4, -0.2) is 18.6 Å². The van der Waals surface area contributed by atoms with E-state index in [-0.39, 0.29) is 11.7 Å². The first-order chi connectivity index (χ1) is 11.0. The van der Waals surface area contributed by atoms with E-state index in [0.29, 0.717) is 28.8 Å². The minimum absolute atomic E-state index is 0.252. The molecule has 0 spiro atoms. The Kier molecular flexibility index (Phi) is 6.25. The molecular formula is C17H16Cl2FNO2. The molecule has 0 aliphatic carbocycles. The van der Waals surface area contributed by atoms with E-state index in [4.69, 9.17) is 27.9 Å². The molecule has 0 fully saturated rings. The van der Waals surface area contributed by atoms with Gasteiger partial charge in [0.2, 0.25) is 0 Å². The minimum atomic E-state index is -0.693. The van der Waals surface area contributed by atoms with Crippen molar-refractivity contribution in [2.45, 2.75) is 19.4 Å². The third-order valence-corrected chi connectivity index (χ3v) is 3.72. The number of hydrogen-bond acceptors (Lipinski definition) is 2. The lowest BCUT2D eigenvalue weighted by atomic mass is 10.1. The van der Waals surface area contributed by atoms with Gasteiger partial charge in [-0.1, -0.05) is 35.3 Å². The topological polar surface area (TPSA) is 38.3 Å². The van der Waals surface area contributed by atoms with Crippen LogP contribution in [0.25, 0.3) is 0 Å². The molecule has 1 atom stereocenters. The van der Waals surface area contributed by atoms with E-state index in [9.17, 15) is 9.18 Å². The van der Waals surface area contributed by atoms with Gasteiger partial charge in [0.1, 0.15) is 11.6 Å². The van der Waals surface area contributed by atoms with Crippen molar-refractivity contribution < 1.29 is 13.9 Å². The first-order valence-corrected chi connectivity index (χ1v) is 7.85. The highest BCUT2D eigenvalue weighted by atomic mass is 35.5. The molecule has 6 heteroatoms. The SMILES string of the molecule is C[C@H](Oc1ccc(Cl)cc1Cl)C(=O)NCCc1ccc(F)cc1. The molecule has 0 unspecified atom stereocenters. The highest BCUT2D eigenvalue weighted by Gasteiger charge is 2.15. The summed E-state index contributed by atoms with van der Waals surface area (Å²) in [4.78, 5) is 12.0. The Morgan fingerprint density at radius 3 is 2.57 bits per heavy atom. The molecule has 0 saturated carbocycles. The number of rotatable bonds is 6. The van der Waals surface area contributed by atoms with Gasteiger partial charge in [-0.3, -0.25) is 4.79 Å². The van der Waals surface area contributed by atoms with E-state index in [2.05, 4.69) is 5.32 Å². The van der Waals surface area contributed by atoms with Gasteiger partial charge in [-0.15, -0.1) is 0 Å². The smallest absolute Gasteiger partial charge is 0.260 e. The fraction of sp³-hybridized carbons (Fsp3) is 0.235. The van der Waals surface area contributed by atoms with Crippen LogP contribution in [0, 0.1) is 5.82 Å². The van der Waals surface area contributed by atoms with Crippen LogP contribution in [0.5, 0.6) is 5.75 Å². The van der Waals surface area contributed by atoms with Crippen LogP contribution in [0.1, 0.15) is 12.5 Å². The van der Waals surface area contributed by atoms with Gasteiger partial charge < -0.3 is 10.1 Å². The molecule has 1 N–H and O–H groups in total. The molecule has 2 rings (SSSR count). The summed E-state index contributed by atoms with van der Waals surface area (Å²) in [7, 11) is 0. The molecule has 0 aromatic heterocycles. The molecule has 2 aromatic rings. The summed E-state index contributed by atoms with van der Waals surface area (Å²) in [5, 5.41) is 3.62. The van der Waals surface area contributed by atoms with E-state index in [0.717, 1.165) is 5.56 Å². The highest BCUT2D eigenvalue weighted by Crippen LogP contribution is 2.28. The number of hydrogen-bond donors (Lipinski definition) is 1. The first kappa shape index (κ1) is 17.6. The fourth-order valence-electron chi connectivity index (χ4n) is 1.94. The quantitative estimate of drug-likeness (QED) is 0.840. The second-order valence-corrected chi connectivity index (χ2v) is 5.85. The van der Waals surface area contributed by atoms with E-state index >= 15 is 0 Å². The predicted octanol–water partition coefficient (Wildman–Crippen LogP) is 4.26. The maximum absolute atomic E-state index is 12.8. The van der Waals surface area contributed by atoms with Crippen LogP contribution in [0.2, 0.25) is 10.0 Å². The lowest BCUT2D eigenvalue weighted by molar-refractivity contribution is -0.127. The van der Waals surface area contributed by atoms with Crippen molar-refractivity contribution in [1.82, 2.24) is 5.32 Å². The number of halogens is 3. The van der Waals surface area contributed by atoms with Gasteiger partial charge in [-0.05, 0) is 49.2 Å². The Labute approximate surface area is 144 Å². The molecule has 2 aromatic carbocycles. The van der Waals surface area contributed by atoms with E-state index in [1.807, 2.05) is 0 Å². The summed E-state index contributed by atoms with van der Waals surface area (Å²) in [6.45, 7) is 2.07. The molecule has 23 heavy (non-hydrogen) atoms. The van der Waals surface area contributed by atoms with Gasteiger partial charge in [-0.25, -0.2) is 4.39 Å². The zero-order chi connectivity index (χ0) is 16.8. The van der Waals surface area contributed by atoms with Crippen LogP contribution in [0.4, 0.5) is 4.39 Å². The summed E-state index contributed by atoms with van der Waals surface area (Å²) >= 11 is 11.8. The number of benzene rings is 2. The molecule has 122 valence electrons. The van der Waals surface area contributed by atoms with Crippen LogP contribution in [0.3, 0.4) is 0 Å². The van der Waals surface area contributed by atoms with Crippen molar-refractivity contribution in [2.75, 3.05) is 6.54 Å². The Morgan fingerprint density at radius 1 is 1.22 bits per heavy atom. The average molecular weight is 356 g/mol. The maximum atomic E-state index is 12.8. The molecule has 0 aliphatic heterocycles. The third-order valence-electron chi connectivity index (χ3n) is 3.19. The van der Waals surface area contributed by atoms with E-state index < -0.39 is 6.10 Å². The van der Waals surface area contributed by atoms with Gasteiger partial charge in [0, 0.05) is 11.6 Å². The zero-order valence-electron chi connectivity index (χ0n) is 12.5. The Bertz CT molecular complexity index is 677. The standard InChI is InChI=1S/C17H16Cl2FNO2/c1-11(23-16-7-4-13(18)10-15(16)19)17(22)21-9-8-12-2-5-14(20)6-3-12/h2-7,10-11H,8-9H2,1H3,(H,21,22)/t11-/m0/s1. The summed E-state index contributed by atoms with van der Waals surface area (Å²) in [5.74, 6) is -0.130. The third kappa shape index (κ3) is 5.41. The Morgan fingerprint density at radius 2 is 1.91 bits per heavy atom. The second kappa shape index (κ2) is 8.18. The van der Waals surface area contributed by atoms with Crippen molar-refractivity contribution in [2.24, 2.45) is 0 Å². The van der Waals surface area contributed by atoms with Gasteiger partial charge in [0.15, 0.2) is 6.10 Å². The lowest BCUT2D eigenvalue weighted by Gasteiger charge is -2.15. The maximum Gasteiger partial charge on any atom is 0.260 e. The summed E-state index contributed by atoms with van der Waals surface area (Å²) < 4.78 is 18.3. The second-order valence-electron chi connectivity index (χ2n) is 5.00. The predicted molar refractivity (Wildman–Crippen MR) is 89.7 cm³/mol. The normalized spacial score (nSPS) is 11.8. The van der Waals surface area contributed by atoms with Crippen molar-refractivity contribution >= 4 is 29.1 Å². The first-order valence-electron chi connectivity index (χ1n) is 7.09. The molecule has 1 amide bonds. The van der Waals surface area contributed by atoms with Crippen molar-refractivity contribution in [3.05, 3.63) is 63.9 Å². The number of carbonyl (C=O) groups is 1. The van der Waals surface area contributed by atoms with Crippen LogP contribution in [0.15, 0.2) is 42.5 Å². The van der Waals surface area contributed by atoms with Crippen LogP contribution >= 0.6 is 23.2 Å². The number of amides is 1. The number of nitrogens with one attached hydrogen (secondary N) is 1. The molecule has 0 bridgehead atoms. The van der Waals surface area contributed by atoms with Gasteiger partial charge in [0.25, 0.3) is 5.91 Å². The molecule has 0 radical (unpaired) electrons.